The van der Waals surface area contributed by atoms with E-state index in [4.69, 9.17) is 5.73 Å². The average Bonchev–Trinajstić information content (AvgIpc) is 3.06. The molecule has 20 heavy (non-hydrogen) atoms. The molecule has 0 fully saturated rings. The Hall–Kier alpha value is -1.73. The number of aryl methyl sites for hydroxylation is 1. The van der Waals surface area contributed by atoms with Crippen molar-refractivity contribution in [2.45, 2.75) is 26.4 Å². The van der Waals surface area contributed by atoms with E-state index in [0.29, 0.717) is 18.8 Å². The minimum absolute atomic E-state index is 0.0147. The Balaban J connectivity index is 2.10. The second-order valence-corrected chi connectivity index (χ2v) is 6.02. The van der Waals surface area contributed by atoms with Gasteiger partial charge < -0.3 is 10.6 Å². The van der Waals surface area contributed by atoms with Gasteiger partial charge in [-0.05, 0) is 26.0 Å². The standard InChI is InChI=1S/C13H19N5OS/c1-9-4-5-12(20-9)10(2)17(3)13(19)11-8-18(7-6-14)16-15-11/h4-5,8,10H,6-7,14H2,1-3H3. The maximum absolute atomic E-state index is 12.4. The fourth-order valence-electron chi connectivity index (χ4n) is 1.86. The number of carbonyl (C=O) groups is 1. The summed E-state index contributed by atoms with van der Waals surface area (Å²) in [5.41, 5.74) is 5.80. The number of thiophene rings is 1. The maximum atomic E-state index is 12.4. The van der Waals surface area contributed by atoms with Gasteiger partial charge in [-0.25, -0.2) is 0 Å². The summed E-state index contributed by atoms with van der Waals surface area (Å²) in [6.07, 6.45) is 1.64. The van der Waals surface area contributed by atoms with Crippen molar-refractivity contribution in [3.63, 3.8) is 0 Å². The molecule has 0 aliphatic rings. The predicted octanol–water partition coefficient (Wildman–Crippen LogP) is 1.44. The van der Waals surface area contributed by atoms with Crippen molar-refractivity contribution >= 4 is 17.2 Å². The third-order valence-electron chi connectivity index (χ3n) is 3.19. The summed E-state index contributed by atoms with van der Waals surface area (Å²) in [5.74, 6) is -0.133. The molecule has 2 heterocycles. The summed E-state index contributed by atoms with van der Waals surface area (Å²) in [7, 11) is 1.78. The highest BCUT2D eigenvalue weighted by Crippen LogP contribution is 2.26. The largest absolute Gasteiger partial charge is 0.333 e. The zero-order chi connectivity index (χ0) is 14.7. The molecule has 2 aromatic heterocycles. The predicted molar refractivity (Wildman–Crippen MR) is 78.6 cm³/mol. The van der Waals surface area contributed by atoms with Crippen molar-refractivity contribution in [2.75, 3.05) is 13.6 Å². The van der Waals surface area contributed by atoms with Gasteiger partial charge in [0.25, 0.3) is 5.91 Å². The van der Waals surface area contributed by atoms with Gasteiger partial charge in [0.2, 0.25) is 0 Å². The van der Waals surface area contributed by atoms with Crippen LogP contribution in [0.25, 0.3) is 0 Å². The van der Waals surface area contributed by atoms with Crippen LogP contribution in [0, 0.1) is 6.92 Å². The average molecular weight is 293 g/mol. The molecule has 0 aliphatic carbocycles. The van der Waals surface area contributed by atoms with Crippen LogP contribution in [0.3, 0.4) is 0 Å². The fourth-order valence-corrected chi connectivity index (χ4v) is 2.84. The highest BCUT2D eigenvalue weighted by atomic mass is 32.1. The van der Waals surface area contributed by atoms with Gasteiger partial charge in [-0.15, -0.1) is 16.4 Å². The maximum Gasteiger partial charge on any atom is 0.276 e. The molecule has 6 nitrogen and oxygen atoms in total. The van der Waals surface area contributed by atoms with Gasteiger partial charge in [0.05, 0.1) is 18.8 Å². The fraction of sp³-hybridized carbons (Fsp3) is 0.462. The molecule has 0 saturated heterocycles. The number of nitrogens with zero attached hydrogens (tertiary/aromatic N) is 4. The second kappa shape index (κ2) is 6.15. The monoisotopic (exact) mass is 293 g/mol. The van der Waals surface area contributed by atoms with E-state index in [1.54, 1.807) is 34.2 Å². The van der Waals surface area contributed by atoms with E-state index < -0.39 is 0 Å². The van der Waals surface area contributed by atoms with Crippen LogP contribution in [0.2, 0.25) is 0 Å². The molecule has 0 radical (unpaired) electrons. The van der Waals surface area contributed by atoms with Crippen molar-refractivity contribution in [2.24, 2.45) is 5.73 Å². The topological polar surface area (TPSA) is 77.0 Å². The Kier molecular flexibility index (Phi) is 4.51. The lowest BCUT2D eigenvalue weighted by atomic mass is 10.2. The van der Waals surface area contributed by atoms with Gasteiger partial charge in [-0.1, -0.05) is 5.21 Å². The first kappa shape index (κ1) is 14.7. The lowest BCUT2D eigenvalue weighted by Gasteiger charge is -2.22. The van der Waals surface area contributed by atoms with Crippen LogP contribution in [-0.4, -0.2) is 39.4 Å². The van der Waals surface area contributed by atoms with Crippen LogP contribution in [0.5, 0.6) is 0 Å². The van der Waals surface area contributed by atoms with Gasteiger partial charge in [0.15, 0.2) is 5.69 Å². The highest BCUT2D eigenvalue weighted by molar-refractivity contribution is 7.12. The van der Waals surface area contributed by atoms with E-state index in [1.165, 1.54) is 4.88 Å². The third kappa shape index (κ3) is 3.05. The summed E-state index contributed by atoms with van der Waals surface area (Å²) in [5, 5.41) is 7.79. The van der Waals surface area contributed by atoms with Crippen LogP contribution in [0.1, 0.15) is 33.2 Å². The van der Waals surface area contributed by atoms with Gasteiger partial charge in [-0.3, -0.25) is 9.48 Å². The van der Waals surface area contributed by atoms with Crippen LogP contribution in [0.15, 0.2) is 18.3 Å². The van der Waals surface area contributed by atoms with E-state index in [2.05, 4.69) is 29.4 Å². The molecule has 0 spiro atoms. The summed E-state index contributed by atoms with van der Waals surface area (Å²) in [4.78, 5) is 16.4. The molecule has 2 aromatic rings. The molecule has 1 amide bonds. The van der Waals surface area contributed by atoms with E-state index in [9.17, 15) is 4.79 Å². The van der Waals surface area contributed by atoms with Gasteiger partial charge >= 0.3 is 0 Å². The number of rotatable bonds is 5. The van der Waals surface area contributed by atoms with Crippen molar-refractivity contribution in [1.82, 2.24) is 19.9 Å². The van der Waals surface area contributed by atoms with Crippen molar-refractivity contribution in [1.29, 1.82) is 0 Å². The number of hydrogen-bond donors (Lipinski definition) is 1. The summed E-state index contributed by atoms with van der Waals surface area (Å²) in [6.45, 7) is 5.09. The Bertz CT molecular complexity index is 591. The summed E-state index contributed by atoms with van der Waals surface area (Å²) < 4.78 is 1.58. The van der Waals surface area contributed by atoms with Gasteiger partial charge in [-0.2, -0.15) is 0 Å². The molecule has 7 heteroatoms. The molecular weight excluding hydrogens is 274 g/mol. The molecule has 0 aromatic carbocycles. The van der Waals surface area contributed by atoms with Gasteiger partial charge in [0, 0.05) is 23.3 Å². The zero-order valence-electron chi connectivity index (χ0n) is 11.9. The number of aromatic nitrogens is 3. The Labute approximate surface area is 122 Å². The number of hydrogen-bond acceptors (Lipinski definition) is 5. The first-order chi connectivity index (χ1) is 9.52. The van der Waals surface area contributed by atoms with Crippen LogP contribution < -0.4 is 5.73 Å². The normalized spacial score (nSPS) is 12.4. The van der Waals surface area contributed by atoms with E-state index >= 15 is 0 Å². The molecule has 1 atom stereocenters. The van der Waals surface area contributed by atoms with E-state index in [1.807, 2.05) is 6.92 Å². The van der Waals surface area contributed by atoms with Crippen LogP contribution in [-0.2, 0) is 6.54 Å². The number of nitrogens with two attached hydrogens (primary N) is 1. The molecule has 108 valence electrons. The summed E-state index contributed by atoms with van der Waals surface area (Å²) in [6, 6.07) is 4.13. The lowest BCUT2D eigenvalue weighted by molar-refractivity contribution is 0.0739. The molecule has 0 bridgehead atoms. The Morgan fingerprint density at radius 1 is 1.55 bits per heavy atom. The molecular formula is C13H19N5OS. The van der Waals surface area contributed by atoms with Crippen LogP contribution >= 0.6 is 11.3 Å². The SMILES string of the molecule is Cc1ccc(C(C)N(C)C(=O)c2cn(CCN)nn2)s1. The minimum atomic E-state index is -0.133. The van der Waals surface area contributed by atoms with Crippen molar-refractivity contribution < 1.29 is 4.79 Å². The smallest absolute Gasteiger partial charge is 0.276 e. The summed E-state index contributed by atoms with van der Waals surface area (Å²) >= 11 is 1.70. The van der Waals surface area contributed by atoms with Crippen LogP contribution in [0.4, 0.5) is 0 Å². The minimum Gasteiger partial charge on any atom is -0.333 e. The van der Waals surface area contributed by atoms with Crippen molar-refractivity contribution in [3.8, 4) is 0 Å². The van der Waals surface area contributed by atoms with Gasteiger partial charge in [0.1, 0.15) is 0 Å². The second-order valence-electron chi connectivity index (χ2n) is 4.70. The molecule has 1 unspecified atom stereocenters. The first-order valence-corrected chi connectivity index (χ1v) is 7.28. The molecule has 0 aliphatic heterocycles. The number of amides is 1. The van der Waals surface area contributed by atoms with E-state index in [-0.39, 0.29) is 11.9 Å². The highest BCUT2D eigenvalue weighted by Gasteiger charge is 2.22. The van der Waals surface area contributed by atoms with Crippen molar-refractivity contribution in [3.05, 3.63) is 33.8 Å². The molecule has 2 rings (SSSR count). The zero-order valence-corrected chi connectivity index (χ0v) is 12.7. The lowest BCUT2D eigenvalue weighted by Crippen LogP contribution is -2.29. The molecule has 2 N–H and O–H groups in total. The van der Waals surface area contributed by atoms with E-state index in [0.717, 1.165) is 4.88 Å². The number of carbonyl (C=O) groups excluding carboxylic acids is 1. The Morgan fingerprint density at radius 2 is 2.30 bits per heavy atom. The Morgan fingerprint density at radius 3 is 2.90 bits per heavy atom. The first-order valence-electron chi connectivity index (χ1n) is 6.46. The third-order valence-corrected chi connectivity index (χ3v) is 4.36. The quantitative estimate of drug-likeness (QED) is 0.905. The molecule has 0 saturated carbocycles.